The Balaban J connectivity index is 1.92. The molecule has 3 heteroatoms. The number of fused-ring (bicyclic) bond motifs is 2. The number of hydroxylamine groups is 1. The summed E-state index contributed by atoms with van der Waals surface area (Å²) in [6.45, 7) is 4.17. The molecule has 1 N–H and O–H groups in total. The normalized spacial score (nSPS) is 32.9. The minimum atomic E-state index is 0.481. The van der Waals surface area contributed by atoms with Crippen LogP contribution in [0.15, 0.2) is 24.3 Å². The minimum absolute atomic E-state index is 0.481. The first-order valence-corrected chi connectivity index (χ1v) is 7.17. The Labute approximate surface area is 114 Å². The first-order chi connectivity index (χ1) is 9.15. The van der Waals surface area contributed by atoms with Crippen molar-refractivity contribution in [3.63, 3.8) is 0 Å². The van der Waals surface area contributed by atoms with Crippen molar-refractivity contribution in [3.8, 4) is 0 Å². The van der Waals surface area contributed by atoms with Crippen LogP contribution in [0.4, 0.5) is 5.69 Å². The lowest BCUT2D eigenvalue weighted by Gasteiger charge is -2.41. The topological polar surface area (TPSA) is 26.7 Å². The summed E-state index contributed by atoms with van der Waals surface area (Å²) in [6.07, 6.45) is 3.58. The lowest BCUT2D eigenvalue weighted by molar-refractivity contribution is 0.220. The van der Waals surface area contributed by atoms with Gasteiger partial charge in [-0.3, -0.25) is 15.2 Å². The van der Waals surface area contributed by atoms with Crippen LogP contribution in [0, 0.1) is 5.92 Å². The van der Waals surface area contributed by atoms with Gasteiger partial charge in [0, 0.05) is 18.5 Å². The van der Waals surface area contributed by atoms with Crippen LogP contribution in [-0.4, -0.2) is 36.3 Å². The number of anilines is 1. The summed E-state index contributed by atoms with van der Waals surface area (Å²) in [7, 11) is 2.23. The molecule has 0 spiro atoms. The SMILES string of the molecule is C[C@@H]1C=C2c3cccc4c3C(C[C@H]2N(C)C1)CN4O. The van der Waals surface area contributed by atoms with Gasteiger partial charge in [0.05, 0.1) is 12.2 Å². The van der Waals surface area contributed by atoms with E-state index in [-0.39, 0.29) is 0 Å². The summed E-state index contributed by atoms with van der Waals surface area (Å²) in [5.74, 6) is 1.09. The van der Waals surface area contributed by atoms with Crippen LogP contribution in [0.3, 0.4) is 0 Å². The molecule has 2 heterocycles. The van der Waals surface area contributed by atoms with Gasteiger partial charge in [-0.1, -0.05) is 25.1 Å². The van der Waals surface area contributed by atoms with Gasteiger partial charge < -0.3 is 0 Å². The Bertz CT molecular complexity index is 566. The summed E-state index contributed by atoms with van der Waals surface area (Å²) in [5, 5.41) is 11.5. The second-order valence-electron chi connectivity index (χ2n) is 6.31. The Morgan fingerprint density at radius 1 is 1.26 bits per heavy atom. The fraction of sp³-hybridized carbons (Fsp3) is 0.500. The van der Waals surface area contributed by atoms with Crippen LogP contribution in [0.2, 0.25) is 0 Å². The van der Waals surface area contributed by atoms with Crippen molar-refractivity contribution in [3.05, 3.63) is 35.4 Å². The van der Waals surface area contributed by atoms with Gasteiger partial charge in [0.25, 0.3) is 0 Å². The van der Waals surface area contributed by atoms with Crippen molar-refractivity contribution in [1.82, 2.24) is 4.90 Å². The lowest BCUT2D eigenvalue weighted by Crippen LogP contribution is -2.42. The molecule has 1 aromatic rings. The van der Waals surface area contributed by atoms with E-state index in [1.165, 1.54) is 21.8 Å². The van der Waals surface area contributed by atoms with Crippen molar-refractivity contribution in [1.29, 1.82) is 0 Å². The molecule has 2 aliphatic heterocycles. The number of hydrogen-bond acceptors (Lipinski definition) is 3. The van der Waals surface area contributed by atoms with Gasteiger partial charge in [-0.2, -0.15) is 0 Å². The minimum Gasteiger partial charge on any atom is -0.299 e. The third-order valence-electron chi connectivity index (χ3n) is 4.91. The first-order valence-electron chi connectivity index (χ1n) is 7.17. The third kappa shape index (κ3) is 1.52. The van der Waals surface area contributed by atoms with Crippen molar-refractivity contribution in [2.24, 2.45) is 5.92 Å². The second-order valence-corrected chi connectivity index (χ2v) is 6.31. The molecule has 3 aliphatic rings. The molecular formula is C16H20N2O. The van der Waals surface area contributed by atoms with E-state index in [2.05, 4.69) is 37.1 Å². The third-order valence-corrected chi connectivity index (χ3v) is 4.91. The van der Waals surface area contributed by atoms with Crippen molar-refractivity contribution >= 4 is 11.3 Å². The standard InChI is InChI=1S/C16H20N2O/c1-10-6-13-12-4-3-5-14-16(12)11(9-18(14)19)7-15(13)17(2)8-10/h3-6,10-11,15,19H,7-9H2,1-2H3/t10-,11?,15-/m1/s1. The molecule has 1 aliphatic carbocycles. The number of benzene rings is 1. The maximum atomic E-state index is 10.1. The maximum Gasteiger partial charge on any atom is 0.0675 e. The van der Waals surface area contributed by atoms with Gasteiger partial charge >= 0.3 is 0 Å². The van der Waals surface area contributed by atoms with E-state index in [4.69, 9.17) is 0 Å². The second kappa shape index (κ2) is 3.84. The molecule has 0 aromatic heterocycles. The zero-order chi connectivity index (χ0) is 13.1. The van der Waals surface area contributed by atoms with Crippen molar-refractivity contribution < 1.29 is 5.21 Å². The molecule has 100 valence electrons. The Morgan fingerprint density at radius 2 is 2.11 bits per heavy atom. The quantitative estimate of drug-likeness (QED) is 0.773. The number of rotatable bonds is 0. The zero-order valence-electron chi connectivity index (χ0n) is 11.5. The van der Waals surface area contributed by atoms with E-state index in [1.807, 2.05) is 6.07 Å². The van der Waals surface area contributed by atoms with Crippen LogP contribution in [0.5, 0.6) is 0 Å². The molecule has 19 heavy (non-hydrogen) atoms. The first kappa shape index (κ1) is 11.5. The summed E-state index contributed by atoms with van der Waals surface area (Å²) in [6, 6.07) is 6.86. The molecule has 0 fully saturated rings. The smallest absolute Gasteiger partial charge is 0.0675 e. The average Bonchev–Trinajstić information content (AvgIpc) is 2.70. The Kier molecular flexibility index (Phi) is 2.32. The highest BCUT2D eigenvalue weighted by molar-refractivity contribution is 5.81. The molecule has 0 amide bonds. The zero-order valence-corrected chi connectivity index (χ0v) is 11.5. The van der Waals surface area contributed by atoms with Gasteiger partial charge in [0.2, 0.25) is 0 Å². The van der Waals surface area contributed by atoms with E-state index in [0.717, 1.165) is 25.2 Å². The van der Waals surface area contributed by atoms with Crippen LogP contribution >= 0.6 is 0 Å². The predicted octanol–water partition coefficient (Wildman–Crippen LogP) is 2.72. The Hall–Kier alpha value is -1.32. The molecule has 0 saturated carbocycles. The number of hydrogen-bond donors (Lipinski definition) is 1. The van der Waals surface area contributed by atoms with Crippen LogP contribution in [0.25, 0.3) is 5.57 Å². The summed E-state index contributed by atoms with van der Waals surface area (Å²) >= 11 is 0. The fourth-order valence-electron chi connectivity index (χ4n) is 4.18. The van der Waals surface area contributed by atoms with Crippen LogP contribution in [0.1, 0.15) is 30.4 Å². The molecule has 0 saturated heterocycles. The summed E-state index contributed by atoms with van der Waals surface area (Å²) in [5.41, 5.74) is 5.23. The largest absolute Gasteiger partial charge is 0.299 e. The van der Waals surface area contributed by atoms with Gasteiger partial charge in [-0.25, -0.2) is 0 Å². The average molecular weight is 256 g/mol. The van der Waals surface area contributed by atoms with Gasteiger partial charge in [-0.05, 0) is 42.2 Å². The molecule has 1 unspecified atom stereocenters. The summed E-state index contributed by atoms with van der Waals surface area (Å²) < 4.78 is 0. The maximum absolute atomic E-state index is 10.1. The van der Waals surface area contributed by atoms with Crippen molar-refractivity contribution in [2.75, 3.05) is 25.2 Å². The lowest BCUT2D eigenvalue weighted by atomic mass is 9.75. The predicted molar refractivity (Wildman–Crippen MR) is 76.5 cm³/mol. The van der Waals surface area contributed by atoms with E-state index >= 15 is 0 Å². The molecule has 1 aromatic carbocycles. The highest BCUT2D eigenvalue weighted by Gasteiger charge is 2.41. The van der Waals surface area contributed by atoms with E-state index in [9.17, 15) is 5.21 Å². The van der Waals surface area contributed by atoms with Crippen LogP contribution < -0.4 is 5.06 Å². The van der Waals surface area contributed by atoms with Gasteiger partial charge in [0.1, 0.15) is 0 Å². The van der Waals surface area contributed by atoms with Crippen molar-refractivity contribution in [2.45, 2.75) is 25.3 Å². The number of nitrogens with zero attached hydrogens (tertiary/aromatic N) is 2. The van der Waals surface area contributed by atoms with E-state index in [0.29, 0.717) is 17.9 Å². The fourth-order valence-corrected chi connectivity index (χ4v) is 4.18. The summed E-state index contributed by atoms with van der Waals surface area (Å²) in [4.78, 5) is 2.48. The monoisotopic (exact) mass is 256 g/mol. The highest BCUT2D eigenvalue weighted by atomic mass is 16.5. The van der Waals surface area contributed by atoms with E-state index < -0.39 is 0 Å². The molecular weight excluding hydrogens is 236 g/mol. The Morgan fingerprint density at radius 3 is 2.95 bits per heavy atom. The highest BCUT2D eigenvalue weighted by Crippen LogP contribution is 2.49. The molecule has 0 radical (unpaired) electrons. The van der Waals surface area contributed by atoms with Gasteiger partial charge in [-0.15, -0.1) is 0 Å². The molecule has 0 bridgehead atoms. The van der Waals surface area contributed by atoms with Gasteiger partial charge in [0.15, 0.2) is 0 Å². The van der Waals surface area contributed by atoms with E-state index in [1.54, 1.807) is 0 Å². The molecule has 4 rings (SSSR count). The number of likely N-dealkylation sites (N-methyl/N-ethyl adjacent to an activating group) is 1. The molecule has 3 nitrogen and oxygen atoms in total. The molecule has 3 atom stereocenters. The van der Waals surface area contributed by atoms with Crippen LogP contribution in [-0.2, 0) is 0 Å².